The predicted octanol–water partition coefficient (Wildman–Crippen LogP) is 1.88. The molecular weight excluding hydrogens is 340 g/mol. The molecule has 0 aliphatic heterocycles. The molecule has 0 radical (unpaired) electrons. The van der Waals surface area contributed by atoms with Crippen molar-refractivity contribution in [3.8, 4) is 17.2 Å². The molecule has 0 saturated carbocycles. The summed E-state index contributed by atoms with van der Waals surface area (Å²) < 4.78 is 16.4. The van der Waals surface area contributed by atoms with E-state index in [2.05, 4.69) is 15.5 Å². The zero-order valence-electron chi connectivity index (χ0n) is 12.8. The third-order valence-electron chi connectivity index (χ3n) is 2.70. The summed E-state index contributed by atoms with van der Waals surface area (Å²) >= 11 is 2.50. The Labute approximate surface area is 141 Å². The van der Waals surface area contributed by atoms with Gasteiger partial charge in [-0.15, -0.1) is 10.2 Å². The lowest BCUT2D eigenvalue weighted by molar-refractivity contribution is -0.113. The monoisotopic (exact) mass is 356 g/mol. The van der Waals surface area contributed by atoms with Crippen LogP contribution >= 0.6 is 23.1 Å². The Balaban J connectivity index is 2.05. The Morgan fingerprint density at radius 2 is 1.87 bits per heavy atom. The van der Waals surface area contributed by atoms with Crippen molar-refractivity contribution in [2.75, 3.05) is 38.1 Å². The van der Waals surface area contributed by atoms with E-state index in [1.807, 2.05) is 0 Å². The van der Waals surface area contributed by atoms with Gasteiger partial charge in [-0.25, -0.2) is 0 Å². The van der Waals surface area contributed by atoms with Gasteiger partial charge in [-0.2, -0.15) is 0 Å². The Hall–Kier alpha value is -2.20. The Morgan fingerprint density at radius 1 is 1.22 bits per heavy atom. The van der Waals surface area contributed by atoms with E-state index >= 15 is 0 Å². The third-order valence-corrected chi connectivity index (χ3v) is 4.58. The number of carbonyl (C=O) groups excluding carboxylic acids is 1. The molecule has 8 nitrogen and oxygen atoms in total. The average Bonchev–Trinajstić information content (AvgIpc) is 2.97. The molecule has 0 unspecified atom stereocenters. The molecule has 0 aliphatic carbocycles. The quantitative estimate of drug-likeness (QED) is 0.724. The fraction of sp³-hybridized carbons (Fsp3) is 0.308. The summed E-state index contributed by atoms with van der Waals surface area (Å²) in [6.07, 6.45) is 0. The van der Waals surface area contributed by atoms with Gasteiger partial charge in [-0.3, -0.25) is 4.79 Å². The van der Waals surface area contributed by atoms with E-state index in [0.29, 0.717) is 32.4 Å². The van der Waals surface area contributed by atoms with Gasteiger partial charge in [-0.05, 0) is 0 Å². The molecule has 2 rings (SSSR count). The second-order valence-electron chi connectivity index (χ2n) is 4.16. The molecule has 23 heavy (non-hydrogen) atoms. The van der Waals surface area contributed by atoms with Gasteiger partial charge in [0, 0.05) is 17.8 Å². The maximum Gasteiger partial charge on any atom is 0.234 e. The van der Waals surface area contributed by atoms with Gasteiger partial charge in [0.15, 0.2) is 15.8 Å². The third kappa shape index (κ3) is 4.39. The highest BCUT2D eigenvalue weighted by atomic mass is 32.2. The number of amides is 1. The summed E-state index contributed by atoms with van der Waals surface area (Å²) in [5.74, 6) is 1.38. The summed E-state index contributed by atoms with van der Waals surface area (Å²) in [4.78, 5) is 12.0. The number of anilines is 2. The number of carbonyl (C=O) groups is 1. The summed E-state index contributed by atoms with van der Waals surface area (Å²) in [7, 11) is 4.54. The van der Waals surface area contributed by atoms with Crippen LogP contribution in [0, 0.1) is 0 Å². The molecule has 0 saturated heterocycles. The summed E-state index contributed by atoms with van der Waals surface area (Å²) in [6, 6.07) is 3.32. The maximum absolute atomic E-state index is 12.0. The van der Waals surface area contributed by atoms with Crippen LogP contribution in [0.25, 0.3) is 0 Å². The van der Waals surface area contributed by atoms with Crippen LogP contribution in [0.15, 0.2) is 16.5 Å². The highest BCUT2D eigenvalue weighted by Gasteiger charge is 2.15. The lowest BCUT2D eigenvalue weighted by Gasteiger charge is -2.14. The van der Waals surface area contributed by atoms with Gasteiger partial charge in [0.05, 0.1) is 27.1 Å². The minimum Gasteiger partial charge on any atom is -0.493 e. The first-order valence-corrected chi connectivity index (χ1v) is 8.19. The molecule has 0 aliphatic rings. The van der Waals surface area contributed by atoms with E-state index < -0.39 is 0 Å². The van der Waals surface area contributed by atoms with Gasteiger partial charge in [0.25, 0.3) is 0 Å². The number of nitrogens with two attached hydrogens (primary N) is 1. The maximum atomic E-state index is 12.0. The molecule has 0 bridgehead atoms. The highest BCUT2D eigenvalue weighted by molar-refractivity contribution is 8.01. The first-order valence-electron chi connectivity index (χ1n) is 6.39. The molecule has 1 aromatic carbocycles. The van der Waals surface area contributed by atoms with Crippen LogP contribution in [0.1, 0.15) is 0 Å². The molecule has 3 N–H and O–H groups in total. The van der Waals surface area contributed by atoms with Crippen LogP contribution in [0.4, 0.5) is 10.8 Å². The van der Waals surface area contributed by atoms with E-state index in [4.69, 9.17) is 19.9 Å². The molecule has 10 heteroatoms. The number of aromatic nitrogens is 2. The number of hydrogen-bond donors (Lipinski definition) is 2. The van der Waals surface area contributed by atoms with Crippen molar-refractivity contribution in [1.29, 1.82) is 0 Å². The van der Waals surface area contributed by atoms with Crippen molar-refractivity contribution in [2.45, 2.75) is 4.34 Å². The Kier molecular flexibility index (Phi) is 5.88. The lowest BCUT2D eigenvalue weighted by atomic mass is 10.2. The first kappa shape index (κ1) is 17.2. The van der Waals surface area contributed by atoms with Crippen LogP contribution in [0.2, 0.25) is 0 Å². The first-order chi connectivity index (χ1) is 11.1. The van der Waals surface area contributed by atoms with E-state index in [-0.39, 0.29) is 11.7 Å². The van der Waals surface area contributed by atoms with Crippen molar-refractivity contribution in [3.05, 3.63) is 12.1 Å². The van der Waals surface area contributed by atoms with E-state index in [9.17, 15) is 4.79 Å². The van der Waals surface area contributed by atoms with E-state index in [1.54, 1.807) is 12.1 Å². The average molecular weight is 356 g/mol. The Bertz CT molecular complexity index is 667. The van der Waals surface area contributed by atoms with Gasteiger partial charge >= 0.3 is 0 Å². The molecular formula is C13H16N4O4S2. The van der Waals surface area contributed by atoms with Crippen LogP contribution < -0.4 is 25.3 Å². The molecule has 0 spiro atoms. The second-order valence-corrected chi connectivity index (χ2v) is 6.39. The number of benzene rings is 1. The molecule has 2 aromatic rings. The van der Waals surface area contributed by atoms with E-state index in [1.165, 1.54) is 44.4 Å². The number of nitrogens with one attached hydrogen (secondary N) is 1. The number of methoxy groups -OCH3 is 3. The van der Waals surface area contributed by atoms with Gasteiger partial charge in [0.2, 0.25) is 16.8 Å². The summed E-state index contributed by atoms with van der Waals surface area (Å²) in [6.45, 7) is 0. The largest absolute Gasteiger partial charge is 0.493 e. The van der Waals surface area contributed by atoms with E-state index in [0.717, 1.165) is 0 Å². The lowest BCUT2D eigenvalue weighted by Crippen LogP contribution is -2.14. The van der Waals surface area contributed by atoms with Gasteiger partial charge < -0.3 is 25.3 Å². The molecule has 1 amide bonds. The van der Waals surface area contributed by atoms with Crippen molar-refractivity contribution in [2.24, 2.45) is 0 Å². The predicted molar refractivity (Wildman–Crippen MR) is 89.8 cm³/mol. The van der Waals surface area contributed by atoms with Gasteiger partial charge in [-0.1, -0.05) is 23.1 Å². The number of nitrogens with zero attached hydrogens (tertiary/aromatic N) is 2. The number of rotatable bonds is 7. The molecule has 0 atom stereocenters. The van der Waals surface area contributed by atoms with Crippen molar-refractivity contribution < 1.29 is 19.0 Å². The smallest absolute Gasteiger partial charge is 0.234 e. The number of hydrogen-bond acceptors (Lipinski definition) is 9. The summed E-state index contributed by atoms with van der Waals surface area (Å²) in [5, 5.41) is 10.7. The SMILES string of the molecule is COc1cc(NC(=O)CSc2nnc(N)s2)cc(OC)c1OC. The van der Waals surface area contributed by atoms with Crippen LogP contribution in [-0.2, 0) is 4.79 Å². The highest BCUT2D eigenvalue weighted by Crippen LogP contribution is 2.40. The van der Waals surface area contributed by atoms with Gasteiger partial charge in [0.1, 0.15) is 0 Å². The molecule has 0 fully saturated rings. The van der Waals surface area contributed by atoms with Crippen LogP contribution in [0.3, 0.4) is 0 Å². The molecule has 1 aromatic heterocycles. The standard InChI is InChI=1S/C13H16N4O4S2/c1-19-8-4-7(5-9(20-2)11(8)21-3)15-10(18)6-22-13-17-16-12(14)23-13/h4-5H,6H2,1-3H3,(H2,14,16)(H,15,18). The normalized spacial score (nSPS) is 10.2. The molecule has 1 heterocycles. The minimum absolute atomic E-state index is 0.186. The number of nitrogen functional groups attached to an aromatic ring is 1. The minimum atomic E-state index is -0.196. The van der Waals surface area contributed by atoms with Crippen molar-refractivity contribution in [3.63, 3.8) is 0 Å². The van der Waals surface area contributed by atoms with Crippen LogP contribution in [-0.4, -0.2) is 43.2 Å². The zero-order valence-corrected chi connectivity index (χ0v) is 14.4. The van der Waals surface area contributed by atoms with Crippen molar-refractivity contribution in [1.82, 2.24) is 10.2 Å². The topological polar surface area (TPSA) is 109 Å². The molecule has 124 valence electrons. The number of ether oxygens (including phenoxy) is 3. The van der Waals surface area contributed by atoms with Crippen molar-refractivity contribution >= 4 is 39.8 Å². The fourth-order valence-corrected chi connectivity index (χ4v) is 3.19. The fourth-order valence-electron chi connectivity index (χ4n) is 1.76. The summed E-state index contributed by atoms with van der Waals surface area (Å²) in [5.41, 5.74) is 6.03. The van der Waals surface area contributed by atoms with Crippen LogP contribution in [0.5, 0.6) is 17.2 Å². The zero-order chi connectivity index (χ0) is 16.8. The number of thioether (sulfide) groups is 1. The second kappa shape index (κ2) is 7.88. The Morgan fingerprint density at radius 3 is 2.35 bits per heavy atom.